The molecule has 0 heterocycles. The fourth-order valence-electron chi connectivity index (χ4n) is 3.92. The third-order valence-electron chi connectivity index (χ3n) is 5.51. The number of allylic oxidation sites excluding steroid dienone is 10. The van der Waals surface area contributed by atoms with E-state index in [-0.39, 0.29) is 11.6 Å². The minimum absolute atomic E-state index is 0.0873. The van der Waals surface area contributed by atoms with Gasteiger partial charge in [-0.1, -0.05) is 60.7 Å². The van der Waals surface area contributed by atoms with Crippen molar-refractivity contribution in [3.63, 3.8) is 0 Å². The number of hydrogen-bond acceptors (Lipinski definition) is 2. The fourth-order valence-corrected chi connectivity index (χ4v) is 3.92. The molecule has 2 nitrogen and oxygen atoms in total. The van der Waals surface area contributed by atoms with Crippen molar-refractivity contribution in [2.75, 3.05) is 0 Å². The Morgan fingerprint density at radius 3 is 1.27 bits per heavy atom. The molecule has 0 N–H and O–H groups in total. The van der Waals surface area contributed by atoms with Crippen molar-refractivity contribution in [3.05, 3.63) is 130 Å². The minimum Gasteiger partial charge on any atom is -0.289 e. The molecular formula is C28H24O2. The highest BCUT2D eigenvalue weighted by atomic mass is 16.1. The van der Waals surface area contributed by atoms with Gasteiger partial charge in [0.2, 0.25) is 0 Å². The van der Waals surface area contributed by atoms with Gasteiger partial charge in [-0.2, -0.15) is 0 Å². The number of carbonyl (C=O) groups is 2. The summed E-state index contributed by atoms with van der Waals surface area (Å²) in [6, 6.07) is 20.1. The number of carbonyl (C=O) groups excluding carboxylic acids is 2. The molecule has 0 bridgehead atoms. The first-order valence-corrected chi connectivity index (χ1v) is 10.2. The second-order valence-electron chi connectivity index (χ2n) is 7.89. The zero-order valence-corrected chi connectivity index (χ0v) is 17.3. The Bertz CT molecular complexity index is 1060. The van der Waals surface area contributed by atoms with Crippen molar-refractivity contribution >= 4 is 11.6 Å². The molecule has 2 aliphatic carbocycles. The van der Waals surface area contributed by atoms with E-state index in [0.29, 0.717) is 12.8 Å². The molecule has 148 valence electrons. The van der Waals surface area contributed by atoms with Gasteiger partial charge < -0.3 is 0 Å². The fraction of sp³-hybridized carbons (Fsp3) is 0.143. The summed E-state index contributed by atoms with van der Waals surface area (Å²) in [4.78, 5) is 25.5. The Labute approximate surface area is 177 Å². The molecule has 0 spiro atoms. The van der Waals surface area contributed by atoms with E-state index in [9.17, 15) is 9.59 Å². The Balaban J connectivity index is 1.73. The summed E-state index contributed by atoms with van der Waals surface area (Å²) in [7, 11) is 0. The Hall–Kier alpha value is -3.52. The van der Waals surface area contributed by atoms with Gasteiger partial charge in [0.15, 0.2) is 11.6 Å². The third kappa shape index (κ3) is 4.23. The van der Waals surface area contributed by atoms with Gasteiger partial charge in [0.05, 0.1) is 0 Å². The standard InChI is InChI=1S/C28H24O2/c1-19-13-23(17-25(27(19)29)15-21-9-5-3-6-10-21)24-14-20(2)28(30)26(18-24)16-22-11-7-4-8-12-22/h3-14,17-18H,15-16H2,1-2H3. The second kappa shape index (κ2) is 8.46. The maximum atomic E-state index is 12.7. The van der Waals surface area contributed by atoms with E-state index in [1.807, 2.05) is 98.8 Å². The average molecular weight is 392 g/mol. The number of rotatable bonds is 4. The van der Waals surface area contributed by atoms with Gasteiger partial charge in [0.25, 0.3) is 0 Å². The highest BCUT2D eigenvalue weighted by Crippen LogP contribution is 2.29. The first kappa shape index (κ1) is 19.8. The molecule has 4 rings (SSSR count). The molecule has 0 fully saturated rings. The Morgan fingerprint density at radius 2 is 0.900 bits per heavy atom. The summed E-state index contributed by atoms with van der Waals surface area (Å²) >= 11 is 0. The number of benzene rings is 2. The molecule has 0 saturated heterocycles. The predicted molar refractivity (Wildman–Crippen MR) is 121 cm³/mol. The number of hydrogen-bond donors (Lipinski definition) is 0. The lowest BCUT2D eigenvalue weighted by Crippen LogP contribution is -2.14. The van der Waals surface area contributed by atoms with E-state index in [4.69, 9.17) is 0 Å². The molecule has 0 aliphatic heterocycles. The molecular weight excluding hydrogens is 368 g/mol. The second-order valence-corrected chi connectivity index (χ2v) is 7.89. The van der Waals surface area contributed by atoms with Gasteiger partial charge in [-0.15, -0.1) is 0 Å². The van der Waals surface area contributed by atoms with Crippen LogP contribution in [-0.2, 0) is 22.4 Å². The molecule has 2 aliphatic rings. The van der Waals surface area contributed by atoms with E-state index in [1.54, 1.807) is 0 Å². The summed E-state index contributed by atoms with van der Waals surface area (Å²) in [5.41, 5.74) is 7.21. The minimum atomic E-state index is 0.0873. The van der Waals surface area contributed by atoms with Crippen LogP contribution < -0.4 is 0 Å². The lowest BCUT2D eigenvalue weighted by atomic mass is 9.84. The number of ketones is 2. The van der Waals surface area contributed by atoms with Crippen molar-refractivity contribution in [2.24, 2.45) is 0 Å². The first-order valence-electron chi connectivity index (χ1n) is 10.2. The smallest absolute Gasteiger partial charge is 0.185 e. The molecule has 0 aromatic heterocycles. The summed E-state index contributed by atoms with van der Waals surface area (Å²) in [5.74, 6) is 0.175. The molecule has 0 saturated carbocycles. The molecule has 0 radical (unpaired) electrons. The van der Waals surface area contributed by atoms with E-state index in [2.05, 4.69) is 0 Å². The molecule has 0 atom stereocenters. The van der Waals surface area contributed by atoms with Gasteiger partial charge >= 0.3 is 0 Å². The van der Waals surface area contributed by atoms with Crippen molar-refractivity contribution in [3.8, 4) is 0 Å². The highest BCUT2D eigenvalue weighted by Gasteiger charge is 2.22. The summed E-state index contributed by atoms with van der Waals surface area (Å²) in [5, 5.41) is 0. The number of Topliss-reactive ketones (excluding diaryl/α,β-unsaturated/α-hetero) is 2. The quantitative estimate of drug-likeness (QED) is 0.671. The Morgan fingerprint density at radius 1 is 0.533 bits per heavy atom. The summed E-state index contributed by atoms with van der Waals surface area (Å²) < 4.78 is 0. The average Bonchev–Trinajstić information content (AvgIpc) is 2.76. The van der Waals surface area contributed by atoms with Crippen LogP contribution in [0.15, 0.2) is 118 Å². The van der Waals surface area contributed by atoms with Crippen molar-refractivity contribution in [1.29, 1.82) is 0 Å². The van der Waals surface area contributed by atoms with Gasteiger partial charge in [-0.25, -0.2) is 0 Å². The predicted octanol–water partition coefficient (Wildman–Crippen LogP) is 5.68. The van der Waals surface area contributed by atoms with Crippen molar-refractivity contribution in [2.45, 2.75) is 26.7 Å². The van der Waals surface area contributed by atoms with Crippen LogP contribution in [0.4, 0.5) is 0 Å². The van der Waals surface area contributed by atoms with Crippen LogP contribution in [0, 0.1) is 0 Å². The summed E-state index contributed by atoms with van der Waals surface area (Å²) in [6.45, 7) is 3.72. The SMILES string of the molecule is CC1=CC(=C2C=C(C)C(=O)C(Cc3ccccc3)=C2)C=C(Cc2ccccc2)C1=O. The normalized spacial score (nSPS) is 19.1. The maximum Gasteiger partial charge on any atom is 0.185 e. The van der Waals surface area contributed by atoms with Gasteiger partial charge in [0, 0.05) is 24.0 Å². The van der Waals surface area contributed by atoms with Crippen LogP contribution in [0.25, 0.3) is 0 Å². The zero-order valence-electron chi connectivity index (χ0n) is 17.3. The topological polar surface area (TPSA) is 34.1 Å². The van der Waals surface area contributed by atoms with E-state index < -0.39 is 0 Å². The van der Waals surface area contributed by atoms with E-state index >= 15 is 0 Å². The van der Waals surface area contributed by atoms with Crippen LogP contribution in [0.2, 0.25) is 0 Å². The molecule has 0 unspecified atom stereocenters. The molecule has 2 aromatic carbocycles. The van der Waals surface area contributed by atoms with Crippen LogP contribution in [-0.4, -0.2) is 11.6 Å². The van der Waals surface area contributed by atoms with Crippen LogP contribution >= 0.6 is 0 Å². The van der Waals surface area contributed by atoms with Gasteiger partial charge in [-0.05, 0) is 71.6 Å². The monoisotopic (exact) mass is 392 g/mol. The molecule has 2 aromatic rings. The van der Waals surface area contributed by atoms with E-state index in [1.165, 1.54) is 0 Å². The van der Waals surface area contributed by atoms with Gasteiger partial charge in [-0.3, -0.25) is 9.59 Å². The summed E-state index contributed by atoms with van der Waals surface area (Å²) in [6.07, 6.45) is 9.03. The first-order chi connectivity index (χ1) is 14.5. The molecule has 30 heavy (non-hydrogen) atoms. The lowest BCUT2D eigenvalue weighted by molar-refractivity contribution is -0.113. The Kier molecular flexibility index (Phi) is 5.58. The molecule has 2 heteroatoms. The van der Waals surface area contributed by atoms with Crippen molar-refractivity contribution < 1.29 is 9.59 Å². The van der Waals surface area contributed by atoms with Gasteiger partial charge in [0.1, 0.15) is 0 Å². The van der Waals surface area contributed by atoms with Crippen LogP contribution in [0.3, 0.4) is 0 Å². The van der Waals surface area contributed by atoms with Crippen LogP contribution in [0.1, 0.15) is 25.0 Å². The molecule has 0 amide bonds. The highest BCUT2D eigenvalue weighted by molar-refractivity contribution is 6.12. The lowest BCUT2D eigenvalue weighted by Gasteiger charge is -2.18. The third-order valence-corrected chi connectivity index (χ3v) is 5.51. The largest absolute Gasteiger partial charge is 0.289 e. The van der Waals surface area contributed by atoms with E-state index in [0.717, 1.165) is 44.6 Å². The zero-order chi connectivity index (χ0) is 21.1. The van der Waals surface area contributed by atoms with Crippen LogP contribution in [0.5, 0.6) is 0 Å². The maximum absolute atomic E-state index is 12.7. The van der Waals surface area contributed by atoms with Crippen molar-refractivity contribution in [1.82, 2.24) is 0 Å².